The van der Waals surface area contributed by atoms with E-state index in [1.807, 2.05) is 45.1 Å². The van der Waals surface area contributed by atoms with Crippen LogP contribution in [-0.4, -0.2) is 35.1 Å². The maximum Gasteiger partial charge on any atom is 0.161 e. The van der Waals surface area contributed by atoms with E-state index < -0.39 is 0 Å². The van der Waals surface area contributed by atoms with Crippen molar-refractivity contribution in [3.8, 4) is 11.5 Å². The number of halogens is 1. The lowest BCUT2D eigenvalue weighted by Crippen LogP contribution is -2.19. The van der Waals surface area contributed by atoms with E-state index in [9.17, 15) is 5.21 Å². The Kier molecular flexibility index (Phi) is 7.15. The number of aromatic nitrogens is 2. The minimum atomic E-state index is 0.390. The Morgan fingerprint density at radius 1 is 0.968 bits per heavy atom. The van der Waals surface area contributed by atoms with Crippen molar-refractivity contribution in [2.24, 2.45) is 11.1 Å². The van der Waals surface area contributed by atoms with Gasteiger partial charge in [-0.15, -0.1) is 0 Å². The van der Waals surface area contributed by atoms with Gasteiger partial charge in [-0.2, -0.15) is 0 Å². The number of aryl methyl sites for hydroxylation is 3. The monoisotopic (exact) mass is 485 g/mol. The molecule has 2 aromatic rings. The molecule has 1 aromatic carbocycles. The smallest absolute Gasteiger partial charge is 0.161 e. The summed E-state index contributed by atoms with van der Waals surface area (Å²) in [7, 11) is 3.22. The van der Waals surface area contributed by atoms with Gasteiger partial charge in [-0.05, 0) is 80.5 Å². The molecule has 1 aliphatic rings. The molecule has 0 saturated heterocycles. The van der Waals surface area contributed by atoms with Crippen molar-refractivity contribution < 1.29 is 14.7 Å². The molecule has 164 valence electrons. The van der Waals surface area contributed by atoms with E-state index in [1.165, 1.54) is 0 Å². The topological polar surface area (TPSA) is 76.8 Å². The highest BCUT2D eigenvalue weighted by molar-refractivity contribution is 9.10. The molecule has 0 amide bonds. The molecule has 1 aromatic heterocycles. The fourth-order valence-electron chi connectivity index (χ4n) is 3.81. The van der Waals surface area contributed by atoms with Gasteiger partial charge in [-0.3, -0.25) is 4.98 Å². The van der Waals surface area contributed by atoms with Crippen molar-refractivity contribution in [2.45, 2.75) is 40.5 Å². The maximum absolute atomic E-state index is 9.91. The highest BCUT2D eigenvalue weighted by atomic mass is 79.9. The van der Waals surface area contributed by atoms with Crippen LogP contribution in [0, 0.1) is 26.7 Å². The first-order valence-electron chi connectivity index (χ1n) is 10.1. The minimum absolute atomic E-state index is 0.390. The summed E-state index contributed by atoms with van der Waals surface area (Å²) in [4.78, 5) is 9.28. The Morgan fingerprint density at radius 2 is 1.55 bits per heavy atom. The van der Waals surface area contributed by atoms with Crippen LogP contribution < -0.4 is 9.47 Å². The predicted molar refractivity (Wildman–Crippen MR) is 127 cm³/mol. The first-order chi connectivity index (χ1) is 14.8. The fraction of sp³-hybridized carbons (Fsp3) is 0.375. The molecule has 1 saturated carbocycles. The number of nitrogens with zero attached hydrogens (tertiary/aromatic N) is 3. The Hall–Kier alpha value is -2.67. The zero-order chi connectivity index (χ0) is 22.7. The van der Waals surface area contributed by atoms with Crippen molar-refractivity contribution in [2.75, 3.05) is 14.2 Å². The van der Waals surface area contributed by atoms with Crippen LogP contribution in [-0.2, 0) is 0 Å². The summed E-state index contributed by atoms with van der Waals surface area (Å²) in [5.41, 5.74) is 6.89. The number of rotatable bonds is 4. The normalized spacial score (nSPS) is 20.5. The molecule has 1 N–H and O–H groups in total. The molecular formula is C24H28BrN3O3. The van der Waals surface area contributed by atoms with Crippen molar-refractivity contribution in [3.05, 3.63) is 56.1 Å². The summed E-state index contributed by atoms with van der Waals surface area (Å²) in [6.45, 7) is 8.05. The highest BCUT2D eigenvalue weighted by Gasteiger charge is 2.25. The third-order valence-electron chi connectivity index (χ3n) is 5.51. The van der Waals surface area contributed by atoms with Gasteiger partial charge in [0.1, 0.15) is 5.71 Å². The number of hydrogen-bond donors (Lipinski definition) is 1. The molecule has 0 aliphatic heterocycles. The van der Waals surface area contributed by atoms with Gasteiger partial charge < -0.3 is 14.7 Å². The number of oxime groups is 1. The molecular weight excluding hydrogens is 458 g/mol. The van der Waals surface area contributed by atoms with E-state index in [0.717, 1.165) is 56.8 Å². The largest absolute Gasteiger partial charge is 0.493 e. The molecule has 3 rings (SSSR count). The van der Waals surface area contributed by atoms with Gasteiger partial charge in [0.25, 0.3) is 0 Å². The van der Waals surface area contributed by atoms with E-state index in [-0.39, 0.29) is 0 Å². The molecule has 31 heavy (non-hydrogen) atoms. The van der Waals surface area contributed by atoms with Gasteiger partial charge in [0, 0.05) is 4.47 Å². The van der Waals surface area contributed by atoms with E-state index in [2.05, 4.69) is 33.0 Å². The lowest BCUT2D eigenvalue weighted by atomic mass is 9.80. The lowest BCUT2D eigenvalue weighted by Gasteiger charge is -2.25. The molecule has 1 unspecified atom stereocenters. The van der Waals surface area contributed by atoms with Crippen LogP contribution in [0.25, 0.3) is 12.2 Å². The molecule has 1 atom stereocenters. The van der Waals surface area contributed by atoms with Crippen LogP contribution in [0.2, 0.25) is 0 Å². The zero-order valence-electron chi connectivity index (χ0n) is 18.8. The molecule has 7 heteroatoms. The van der Waals surface area contributed by atoms with Gasteiger partial charge in [-0.25, -0.2) is 4.98 Å². The number of methoxy groups -OCH3 is 2. The summed E-state index contributed by atoms with van der Waals surface area (Å²) < 4.78 is 11.7. The molecule has 1 heterocycles. The SMILES string of the molecule is COc1cc(Br)c(\C=C2/CC(C)CC(=C\c3nc(C)c(C)nc3C)/C2=N/O)cc1OC. The van der Waals surface area contributed by atoms with E-state index >= 15 is 0 Å². The summed E-state index contributed by atoms with van der Waals surface area (Å²) in [5.74, 6) is 1.68. The van der Waals surface area contributed by atoms with Gasteiger partial charge in [0.2, 0.25) is 0 Å². The number of benzene rings is 1. The van der Waals surface area contributed by atoms with Crippen molar-refractivity contribution in [1.29, 1.82) is 0 Å². The number of hydrogen-bond acceptors (Lipinski definition) is 6. The molecule has 1 aliphatic carbocycles. The number of allylic oxidation sites excluding steroid dienone is 2. The Balaban J connectivity index is 2.08. The first-order valence-corrected chi connectivity index (χ1v) is 10.9. The fourth-order valence-corrected chi connectivity index (χ4v) is 4.24. The Bertz CT molecular complexity index is 1090. The van der Waals surface area contributed by atoms with E-state index in [4.69, 9.17) is 14.5 Å². The summed E-state index contributed by atoms with van der Waals surface area (Å²) in [5, 5.41) is 13.6. The van der Waals surface area contributed by atoms with Crippen LogP contribution in [0.5, 0.6) is 11.5 Å². The van der Waals surface area contributed by atoms with Crippen LogP contribution in [0.4, 0.5) is 0 Å². The minimum Gasteiger partial charge on any atom is -0.493 e. The molecule has 0 bridgehead atoms. The summed E-state index contributed by atoms with van der Waals surface area (Å²) >= 11 is 3.61. The lowest BCUT2D eigenvalue weighted by molar-refractivity contribution is 0.318. The summed E-state index contributed by atoms with van der Waals surface area (Å²) in [6.07, 6.45) is 5.63. The van der Waals surface area contributed by atoms with E-state index in [1.54, 1.807) is 14.2 Å². The molecule has 1 fully saturated rings. The zero-order valence-corrected chi connectivity index (χ0v) is 20.4. The van der Waals surface area contributed by atoms with Crippen molar-refractivity contribution in [1.82, 2.24) is 9.97 Å². The van der Waals surface area contributed by atoms with E-state index in [0.29, 0.717) is 23.1 Å². The van der Waals surface area contributed by atoms with Crippen molar-refractivity contribution >= 4 is 33.8 Å². The van der Waals surface area contributed by atoms with Crippen LogP contribution in [0.3, 0.4) is 0 Å². The summed E-state index contributed by atoms with van der Waals surface area (Å²) in [6, 6.07) is 3.78. The second-order valence-corrected chi connectivity index (χ2v) is 8.75. The standard InChI is InChI=1S/C24H28BrN3O3/c1-13-7-18(9-17-11-22(30-5)23(31-6)12-20(17)25)24(28-29)19(8-13)10-21-16(4)26-14(2)15(3)27-21/h9-13,29H,7-8H2,1-6H3/b18-9+,19-10+,28-24+. The third-order valence-corrected chi connectivity index (χ3v) is 6.19. The average Bonchev–Trinajstić information content (AvgIpc) is 2.73. The number of ether oxygens (including phenoxy) is 2. The second kappa shape index (κ2) is 9.64. The maximum atomic E-state index is 9.91. The Morgan fingerprint density at radius 3 is 2.16 bits per heavy atom. The van der Waals surface area contributed by atoms with Gasteiger partial charge in [-0.1, -0.05) is 28.0 Å². The Labute approximate surface area is 191 Å². The molecule has 0 radical (unpaired) electrons. The van der Waals surface area contributed by atoms with Crippen LogP contribution in [0.1, 0.15) is 48.1 Å². The quantitative estimate of drug-likeness (QED) is 0.430. The van der Waals surface area contributed by atoms with Crippen LogP contribution in [0.15, 0.2) is 32.9 Å². The second-order valence-electron chi connectivity index (χ2n) is 7.89. The van der Waals surface area contributed by atoms with Crippen molar-refractivity contribution in [3.63, 3.8) is 0 Å². The van der Waals surface area contributed by atoms with Gasteiger partial charge in [0.05, 0.1) is 37.0 Å². The predicted octanol–water partition coefficient (Wildman–Crippen LogP) is 5.91. The third kappa shape index (κ3) is 4.98. The van der Waals surface area contributed by atoms with Crippen LogP contribution >= 0.6 is 15.9 Å². The highest BCUT2D eigenvalue weighted by Crippen LogP contribution is 2.37. The molecule has 6 nitrogen and oxygen atoms in total. The average molecular weight is 486 g/mol. The van der Waals surface area contributed by atoms with Gasteiger partial charge in [0.15, 0.2) is 11.5 Å². The first kappa shape index (κ1) is 23.0. The van der Waals surface area contributed by atoms with Gasteiger partial charge >= 0.3 is 0 Å². The molecule has 0 spiro atoms.